The second-order valence-corrected chi connectivity index (χ2v) is 6.66. The molecule has 0 fully saturated rings. The monoisotopic (exact) mass is 469 g/mol. The fourth-order valence-electron chi connectivity index (χ4n) is 2.40. The molecular weight excluding hydrogens is 455 g/mol. The lowest BCUT2D eigenvalue weighted by molar-refractivity contribution is -0.154. The van der Waals surface area contributed by atoms with Gasteiger partial charge in [0, 0.05) is 18.3 Å². The zero-order valence-electron chi connectivity index (χ0n) is 16.0. The van der Waals surface area contributed by atoms with Gasteiger partial charge in [0.25, 0.3) is 5.24 Å². The number of nitrogens with zero attached hydrogens (tertiary/aromatic N) is 3. The van der Waals surface area contributed by atoms with Gasteiger partial charge in [-0.25, -0.2) is 0 Å². The molecule has 0 atom stereocenters. The van der Waals surface area contributed by atoms with Crippen molar-refractivity contribution < 1.29 is 32.9 Å². The van der Waals surface area contributed by atoms with E-state index in [4.69, 9.17) is 11.6 Å². The average molecular weight is 470 g/mol. The molecule has 1 aromatic heterocycles. The van der Waals surface area contributed by atoms with Crippen LogP contribution in [0.25, 0.3) is 0 Å². The highest BCUT2D eigenvalue weighted by Crippen LogP contribution is 2.26. The number of benzene rings is 2. The van der Waals surface area contributed by atoms with Crippen molar-refractivity contribution in [3.05, 3.63) is 53.6 Å². The number of aromatic nitrogens is 3. The predicted molar refractivity (Wildman–Crippen MR) is 108 cm³/mol. The molecule has 0 saturated heterocycles. The third kappa shape index (κ3) is 6.60. The normalized spacial score (nSPS) is 11.1. The van der Waals surface area contributed by atoms with Crippen molar-refractivity contribution in [3.63, 3.8) is 0 Å². The standard InChI is InChI=1S/C19H15ClF3N5O4/c20-15(31)13-6-3-11(7-14(13)30)25-17-26-16(24-8-10-1-4-12(29)5-2-10)27-18(28-17)32-9-19(21,22)23/h1-7,29-30H,8-9H2,(H2,24,25,26,27,28). The number of hydrogen-bond acceptors (Lipinski definition) is 9. The van der Waals surface area contributed by atoms with Crippen LogP contribution in [0, 0.1) is 0 Å². The molecule has 0 bridgehead atoms. The summed E-state index contributed by atoms with van der Waals surface area (Å²) in [6.45, 7) is -1.42. The van der Waals surface area contributed by atoms with E-state index in [9.17, 15) is 28.2 Å². The van der Waals surface area contributed by atoms with E-state index in [1.54, 1.807) is 12.1 Å². The third-order valence-corrected chi connectivity index (χ3v) is 4.04. The highest BCUT2D eigenvalue weighted by Gasteiger charge is 2.29. The van der Waals surface area contributed by atoms with Gasteiger partial charge in [0.05, 0.1) is 5.56 Å². The van der Waals surface area contributed by atoms with E-state index >= 15 is 0 Å². The SMILES string of the molecule is O=C(Cl)c1ccc(Nc2nc(NCc3ccc(O)cc3)nc(OCC(F)(F)F)n2)cc1O. The molecule has 3 aromatic rings. The number of phenolic OH excluding ortho intramolecular Hbond substituents is 2. The zero-order valence-corrected chi connectivity index (χ0v) is 16.8. The van der Waals surface area contributed by atoms with Crippen LogP contribution in [0.2, 0.25) is 0 Å². The van der Waals surface area contributed by atoms with Crippen LogP contribution >= 0.6 is 11.6 Å². The minimum absolute atomic E-state index is 0.0772. The van der Waals surface area contributed by atoms with E-state index < -0.39 is 29.8 Å². The molecule has 0 unspecified atom stereocenters. The van der Waals surface area contributed by atoms with E-state index in [1.165, 1.54) is 30.3 Å². The molecule has 0 amide bonds. The molecule has 32 heavy (non-hydrogen) atoms. The van der Waals surface area contributed by atoms with Gasteiger partial charge in [-0.1, -0.05) is 12.1 Å². The maximum atomic E-state index is 12.5. The largest absolute Gasteiger partial charge is 0.508 e. The summed E-state index contributed by atoms with van der Waals surface area (Å²) >= 11 is 5.35. The Morgan fingerprint density at radius 3 is 2.34 bits per heavy atom. The van der Waals surface area contributed by atoms with Gasteiger partial charge in [-0.05, 0) is 41.4 Å². The Morgan fingerprint density at radius 1 is 1.03 bits per heavy atom. The number of ether oxygens (including phenoxy) is 1. The molecule has 0 aliphatic rings. The van der Waals surface area contributed by atoms with Crippen molar-refractivity contribution in [1.82, 2.24) is 15.0 Å². The van der Waals surface area contributed by atoms with Crippen molar-refractivity contribution in [2.45, 2.75) is 12.7 Å². The van der Waals surface area contributed by atoms with Crippen LogP contribution in [0.4, 0.5) is 30.8 Å². The summed E-state index contributed by atoms with van der Waals surface area (Å²) in [6.07, 6.45) is -4.60. The van der Waals surface area contributed by atoms with E-state index in [1.807, 2.05) is 0 Å². The van der Waals surface area contributed by atoms with Crippen LogP contribution in [0.15, 0.2) is 42.5 Å². The van der Waals surface area contributed by atoms with Gasteiger partial charge >= 0.3 is 12.2 Å². The summed E-state index contributed by atoms with van der Waals surface area (Å²) < 4.78 is 42.2. The van der Waals surface area contributed by atoms with Gasteiger partial charge < -0.3 is 25.6 Å². The summed E-state index contributed by atoms with van der Waals surface area (Å²) in [5.41, 5.74) is 0.835. The topological polar surface area (TPSA) is 129 Å². The Morgan fingerprint density at radius 2 is 1.72 bits per heavy atom. The molecule has 0 aliphatic carbocycles. The molecular formula is C19H15ClF3N5O4. The summed E-state index contributed by atoms with van der Waals surface area (Å²) in [6, 6.07) is 9.41. The number of rotatable bonds is 8. The maximum absolute atomic E-state index is 12.5. The lowest BCUT2D eigenvalue weighted by Gasteiger charge is -2.12. The second-order valence-electron chi connectivity index (χ2n) is 6.32. The van der Waals surface area contributed by atoms with Crippen LogP contribution in [-0.4, -0.2) is 43.2 Å². The fourth-order valence-corrected chi connectivity index (χ4v) is 2.56. The molecule has 3 rings (SSSR count). The Bertz CT molecular complexity index is 1110. The lowest BCUT2D eigenvalue weighted by atomic mass is 10.2. The molecule has 1 heterocycles. The number of hydrogen-bond donors (Lipinski definition) is 4. The van der Waals surface area contributed by atoms with E-state index in [2.05, 4.69) is 30.3 Å². The van der Waals surface area contributed by atoms with E-state index in [0.29, 0.717) is 0 Å². The quantitative estimate of drug-likeness (QED) is 0.362. The second kappa shape index (κ2) is 9.56. The van der Waals surface area contributed by atoms with Gasteiger partial charge in [0.1, 0.15) is 11.5 Å². The van der Waals surface area contributed by atoms with Crippen molar-refractivity contribution in [2.75, 3.05) is 17.2 Å². The first kappa shape index (κ1) is 22.9. The van der Waals surface area contributed by atoms with Gasteiger partial charge in [0.2, 0.25) is 11.9 Å². The molecule has 0 saturated carbocycles. The summed E-state index contributed by atoms with van der Waals surface area (Å²) in [5, 5.41) is 23.9. The minimum atomic E-state index is -4.60. The number of halogens is 4. The van der Waals surface area contributed by atoms with E-state index in [0.717, 1.165) is 5.56 Å². The highest BCUT2D eigenvalue weighted by atomic mass is 35.5. The molecule has 0 radical (unpaired) electrons. The number of phenols is 2. The molecule has 0 spiro atoms. The number of aromatic hydroxyl groups is 2. The molecule has 9 nitrogen and oxygen atoms in total. The molecule has 0 aliphatic heterocycles. The van der Waals surface area contributed by atoms with Gasteiger partial charge in [-0.15, -0.1) is 0 Å². The Kier molecular flexibility index (Phi) is 6.83. The van der Waals surface area contributed by atoms with Gasteiger partial charge in [0.15, 0.2) is 6.61 Å². The Labute approximate surface area is 183 Å². The number of alkyl halides is 3. The van der Waals surface area contributed by atoms with Crippen LogP contribution in [0.3, 0.4) is 0 Å². The molecule has 4 N–H and O–H groups in total. The fraction of sp³-hybridized carbons (Fsp3) is 0.158. The highest BCUT2D eigenvalue weighted by molar-refractivity contribution is 6.68. The lowest BCUT2D eigenvalue weighted by Crippen LogP contribution is -2.21. The Balaban J connectivity index is 1.83. The average Bonchev–Trinajstić information content (AvgIpc) is 2.71. The van der Waals surface area contributed by atoms with Crippen LogP contribution in [0.1, 0.15) is 15.9 Å². The van der Waals surface area contributed by atoms with E-state index in [-0.39, 0.29) is 35.4 Å². The van der Waals surface area contributed by atoms with Crippen LogP contribution in [-0.2, 0) is 6.54 Å². The zero-order chi connectivity index (χ0) is 23.3. The first-order valence-corrected chi connectivity index (χ1v) is 9.24. The van der Waals surface area contributed by atoms with Crippen LogP contribution < -0.4 is 15.4 Å². The Hall–Kier alpha value is -3.80. The maximum Gasteiger partial charge on any atom is 0.422 e. The van der Waals surface area contributed by atoms with Crippen molar-refractivity contribution in [2.24, 2.45) is 0 Å². The summed E-state index contributed by atoms with van der Waals surface area (Å²) in [5.74, 6) is -0.615. The number of nitrogens with one attached hydrogen (secondary N) is 2. The first-order valence-electron chi connectivity index (χ1n) is 8.86. The predicted octanol–water partition coefficient (Wildman–Crippen LogP) is 3.96. The molecule has 168 valence electrons. The molecule has 13 heteroatoms. The number of anilines is 3. The summed E-state index contributed by atoms with van der Waals surface area (Å²) in [4.78, 5) is 22.9. The van der Waals surface area contributed by atoms with Crippen molar-refractivity contribution >= 4 is 34.4 Å². The molecule has 2 aromatic carbocycles. The first-order chi connectivity index (χ1) is 15.1. The minimum Gasteiger partial charge on any atom is -0.508 e. The number of carbonyl (C=O) groups excluding carboxylic acids is 1. The van der Waals surface area contributed by atoms with Crippen molar-refractivity contribution in [1.29, 1.82) is 0 Å². The third-order valence-electron chi connectivity index (χ3n) is 3.83. The smallest absolute Gasteiger partial charge is 0.422 e. The van der Waals surface area contributed by atoms with Gasteiger partial charge in [-0.2, -0.15) is 28.1 Å². The summed E-state index contributed by atoms with van der Waals surface area (Å²) in [7, 11) is 0. The van der Waals surface area contributed by atoms with Crippen molar-refractivity contribution in [3.8, 4) is 17.5 Å². The van der Waals surface area contributed by atoms with Crippen LogP contribution in [0.5, 0.6) is 17.5 Å². The number of carbonyl (C=O) groups is 1. The van der Waals surface area contributed by atoms with Gasteiger partial charge in [-0.3, -0.25) is 4.79 Å².